The van der Waals surface area contributed by atoms with Crippen LogP contribution in [0.2, 0.25) is 0 Å². The molecule has 30 heavy (non-hydrogen) atoms. The largest absolute Gasteiger partial charge is 0.336 e. The molecule has 0 aliphatic carbocycles. The lowest BCUT2D eigenvalue weighted by Gasteiger charge is -2.29. The van der Waals surface area contributed by atoms with Crippen LogP contribution in [0.25, 0.3) is 11.4 Å². The van der Waals surface area contributed by atoms with Crippen LogP contribution in [0.3, 0.4) is 0 Å². The number of amides is 1. The van der Waals surface area contributed by atoms with Crippen LogP contribution in [0.15, 0.2) is 59.7 Å². The summed E-state index contributed by atoms with van der Waals surface area (Å²) in [5.41, 5.74) is 2.92. The van der Waals surface area contributed by atoms with Crippen LogP contribution in [0.5, 0.6) is 0 Å². The van der Waals surface area contributed by atoms with Crippen molar-refractivity contribution in [3.8, 4) is 11.4 Å². The minimum atomic E-state index is -0.194. The summed E-state index contributed by atoms with van der Waals surface area (Å²) in [5, 5.41) is 0. The first kappa shape index (κ1) is 21.4. The fraction of sp³-hybridized carbons (Fsp3) is 0.333. The molecule has 1 atom stereocenters. The Hall–Kier alpha value is -3.28. The summed E-state index contributed by atoms with van der Waals surface area (Å²) in [4.78, 5) is 38.9. The molecule has 1 aromatic carbocycles. The van der Waals surface area contributed by atoms with E-state index in [-0.39, 0.29) is 23.9 Å². The highest BCUT2D eigenvalue weighted by Crippen LogP contribution is 2.16. The van der Waals surface area contributed by atoms with Crippen molar-refractivity contribution in [3.63, 3.8) is 0 Å². The van der Waals surface area contributed by atoms with Crippen molar-refractivity contribution >= 4 is 5.91 Å². The van der Waals surface area contributed by atoms with Gasteiger partial charge in [-0.3, -0.25) is 14.6 Å². The molecule has 6 heteroatoms. The zero-order valence-electron chi connectivity index (χ0n) is 17.8. The minimum absolute atomic E-state index is 0.0465. The highest BCUT2D eigenvalue weighted by molar-refractivity contribution is 5.76. The maximum atomic E-state index is 13.0. The highest BCUT2D eigenvalue weighted by Gasteiger charge is 2.20. The van der Waals surface area contributed by atoms with Gasteiger partial charge in [0.15, 0.2) is 0 Å². The van der Waals surface area contributed by atoms with E-state index >= 15 is 0 Å². The van der Waals surface area contributed by atoms with Crippen molar-refractivity contribution in [2.45, 2.75) is 52.6 Å². The normalized spacial score (nSPS) is 11.8. The third-order valence-electron chi connectivity index (χ3n) is 5.40. The third-order valence-corrected chi connectivity index (χ3v) is 5.40. The molecule has 1 unspecified atom stereocenters. The first-order valence-corrected chi connectivity index (χ1v) is 10.3. The van der Waals surface area contributed by atoms with Crippen LogP contribution in [0.1, 0.15) is 43.5 Å². The number of pyridine rings is 1. The summed E-state index contributed by atoms with van der Waals surface area (Å²) >= 11 is 0. The van der Waals surface area contributed by atoms with Crippen molar-refractivity contribution in [1.82, 2.24) is 19.9 Å². The zero-order valence-corrected chi connectivity index (χ0v) is 17.8. The molecule has 0 spiro atoms. The Bertz CT molecular complexity index is 1030. The molecule has 2 aromatic heterocycles. The monoisotopic (exact) mass is 404 g/mol. The number of nitrogens with zero attached hydrogens (tertiary/aromatic N) is 3. The molecule has 0 saturated carbocycles. The topological polar surface area (TPSA) is 79.0 Å². The molecular weight excluding hydrogens is 376 g/mol. The first-order chi connectivity index (χ1) is 14.5. The van der Waals surface area contributed by atoms with Gasteiger partial charge in [0.2, 0.25) is 5.91 Å². The van der Waals surface area contributed by atoms with Crippen LogP contribution < -0.4 is 5.56 Å². The second-order valence-corrected chi connectivity index (χ2v) is 7.48. The van der Waals surface area contributed by atoms with E-state index in [9.17, 15) is 9.59 Å². The second kappa shape index (κ2) is 9.96. The predicted molar refractivity (Wildman–Crippen MR) is 118 cm³/mol. The van der Waals surface area contributed by atoms with Crippen LogP contribution >= 0.6 is 0 Å². The number of rotatable bonds is 8. The molecule has 0 bridgehead atoms. The molecule has 3 aromatic rings. The molecule has 0 aliphatic heterocycles. The summed E-state index contributed by atoms with van der Waals surface area (Å²) < 4.78 is 0. The van der Waals surface area contributed by atoms with Crippen LogP contribution in [-0.4, -0.2) is 31.8 Å². The molecule has 0 fully saturated rings. The molecule has 156 valence electrons. The molecule has 2 heterocycles. The lowest BCUT2D eigenvalue weighted by atomic mass is 10.1. The van der Waals surface area contributed by atoms with E-state index in [1.807, 2.05) is 42.2 Å². The Balaban J connectivity index is 1.74. The van der Waals surface area contributed by atoms with E-state index in [2.05, 4.69) is 28.8 Å². The van der Waals surface area contributed by atoms with Gasteiger partial charge in [0.1, 0.15) is 5.82 Å². The molecule has 0 saturated heterocycles. The Morgan fingerprint density at radius 1 is 1.13 bits per heavy atom. The number of carbonyl (C=O) groups is 1. The number of hydrogen-bond acceptors (Lipinski definition) is 4. The summed E-state index contributed by atoms with van der Waals surface area (Å²) in [6, 6.07) is 13.7. The summed E-state index contributed by atoms with van der Waals surface area (Å²) in [7, 11) is 0. The molecule has 0 aliphatic rings. The van der Waals surface area contributed by atoms with Gasteiger partial charge in [-0.1, -0.05) is 37.3 Å². The molecule has 3 rings (SSSR count). The maximum absolute atomic E-state index is 13.0. The molecule has 0 radical (unpaired) electrons. The van der Waals surface area contributed by atoms with Gasteiger partial charge in [-0.25, -0.2) is 4.98 Å². The highest BCUT2D eigenvalue weighted by atomic mass is 16.2. The van der Waals surface area contributed by atoms with Gasteiger partial charge >= 0.3 is 0 Å². The average Bonchev–Trinajstić information content (AvgIpc) is 2.77. The summed E-state index contributed by atoms with van der Waals surface area (Å²) in [6.07, 6.45) is 4.84. The summed E-state index contributed by atoms with van der Waals surface area (Å²) in [6.45, 7) is 6.52. The van der Waals surface area contributed by atoms with E-state index in [4.69, 9.17) is 0 Å². The Morgan fingerprint density at radius 2 is 1.83 bits per heavy atom. The number of H-pyrrole nitrogens is 1. The first-order valence-electron chi connectivity index (χ1n) is 10.3. The van der Waals surface area contributed by atoms with Crippen LogP contribution in [0, 0.1) is 6.92 Å². The van der Waals surface area contributed by atoms with Gasteiger partial charge in [0.25, 0.3) is 5.56 Å². The van der Waals surface area contributed by atoms with E-state index in [0.29, 0.717) is 30.0 Å². The fourth-order valence-electron chi connectivity index (χ4n) is 3.42. The molecule has 1 N–H and O–H groups in total. The zero-order chi connectivity index (χ0) is 21.5. The van der Waals surface area contributed by atoms with Gasteiger partial charge in [-0.2, -0.15) is 0 Å². The quantitative estimate of drug-likeness (QED) is 0.618. The lowest BCUT2D eigenvalue weighted by Crippen LogP contribution is -2.38. The Morgan fingerprint density at radius 3 is 2.47 bits per heavy atom. The van der Waals surface area contributed by atoms with Gasteiger partial charge in [-0.15, -0.1) is 0 Å². The van der Waals surface area contributed by atoms with Crippen molar-refractivity contribution in [2.75, 3.05) is 0 Å². The van der Waals surface area contributed by atoms with E-state index in [1.165, 1.54) is 0 Å². The van der Waals surface area contributed by atoms with Crippen LogP contribution in [0.4, 0.5) is 0 Å². The van der Waals surface area contributed by atoms with Gasteiger partial charge < -0.3 is 9.88 Å². The van der Waals surface area contributed by atoms with E-state index in [0.717, 1.165) is 17.5 Å². The van der Waals surface area contributed by atoms with E-state index < -0.39 is 0 Å². The fourth-order valence-corrected chi connectivity index (χ4v) is 3.42. The lowest BCUT2D eigenvalue weighted by molar-refractivity contribution is -0.134. The van der Waals surface area contributed by atoms with Crippen molar-refractivity contribution in [2.24, 2.45) is 0 Å². The molecule has 1 amide bonds. The number of nitrogens with one attached hydrogen (secondary N) is 1. The third kappa shape index (κ3) is 5.20. The number of hydrogen-bond donors (Lipinski definition) is 1. The van der Waals surface area contributed by atoms with E-state index in [1.54, 1.807) is 24.5 Å². The van der Waals surface area contributed by atoms with Crippen molar-refractivity contribution < 1.29 is 4.79 Å². The number of aryl methyl sites for hydroxylation is 1. The van der Waals surface area contributed by atoms with Gasteiger partial charge in [0.05, 0.1) is 0 Å². The summed E-state index contributed by atoms with van der Waals surface area (Å²) in [5.74, 6) is 0.561. The number of aromatic amines is 1. The minimum Gasteiger partial charge on any atom is -0.336 e. The number of carbonyl (C=O) groups excluding carboxylic acids is 1. The van der Waals surface area contributed by atoms with Crippen LogP contribution in [-0.2, 0) is 17.8 Å². The standard InChI is InChI=1S/C24H28N4O2/c1-4-17(2)28(16-19-8-6-5-7-9-19)22(29)11-10-21-18(3)26-23(27-24(21)30)20-12-14-25-15-13-20/h5-9,12-15,17H,4,10-11,16H2,1-3H3,(H,26,27,30). The smallest absolute Gasteiger partial charge is 0.254 e. The Kier molecular flexibility index (Phi) is 7.12. The number of aromatic nitrogens is 3. The number of benzene rings is 1. The molecular formula is C24H28N4O2. The maximum Gasteiger partial charge on any atom is 0.254 e. The average molecular weight is 405 g/mol. The predicted octanol–water partition coefficient (Wildman–Crippen LogP) is 3.90. The van der Waals surface area contributed by atoms with Gasteiger partial charge in [0, 0.05) is 48.2 Å². The SMILES string of the molecule is CCC(C)N(Cc1ccccc1)C(=O)CCc1c(C)nc(-c2ccncc2)[nH]c1=O. The van der Waals surface area contributed by atoms with Crippen molar-refractivity contribution in [1.29, 1.82) is 0 Å². The van der Waals surface area contributed by atoms with Crippen molar-refractivity contribution in [3.05, 3.63) is 82.0 Å². The van der Waals surface area contributed by atoms with Gasteiger partial charge in [-0.05, 0) is 44.4 Å². The molecule has 6 nitrogen and oxygen atoms in total. The Labute approximate surface area is 177 Å². The second-order valence-electron chi connectivity index (χ2n) is 7.48.